The van der Waals surface area contributed by atoms with Gasteiger partial charge in [0.25, 0.3) is 15.8 Å². The molecule has 26 heavy (non-hydrogen) atoms. The Balaban J connectivity index is 0.00000261. The first-order chi connectivity index (χ1) is 12.3. The van der Waals surface area contributed by atoms with Crippen LogP contribution in [0, 0.1) is 10.1 Å². The van der Waals surface area contributed by atoms with Gasteiger partial charge in [0.2, 0.25) is 0 Å². The minimum Gasteiger partial charge on any atom is -0.506 e. The van der Waals surface area contributed by atoms with Gasteiger partial charge in [0.1, 0.15) is 11.4 Å². The Morgan fingerprint density at radius 2 is 1.69 bits per heavy atom. The van der Waals surface area contributed by atoms with Crippen molar-refractivity contribution >= 4 is 38.0 Å². The Hall–Kier alpha value is -3.37. The van der Waals surface area contributed by atoms with Gasteiger partial charge in [-0.2, -0.15) is 13.5 Å². The summed E-state index contributed by atoms with van der Waals surface area (Å²) in [5.41, 5.74) is 0.346. The molecule has 2 N–H and O–H groups in total. The maximum atomic E-state index is 11.2. The molecule has 0 aromatic heterocycles. The minimum atomic E-state index is -4.36. The highest BCUT2D eigenvalue weighted by atomic mass is 32.2. The van der Waals surface area contributed by atoms with E-state index in [1.54, 1.807) is 0 Å². The van der Waals surface area contributed by atoms with Crippen LogP contribution in [-0.4, -0.2) is 23.0 Å². The van der Waals surface area contributed by atoms with E-state index in [1.165, 1.54) is 54.6 Å². The van der Waals surface area contributed by atoms with E-state index in [9.17, 15) is 23.6 Å². The average molecular weight is 375 g/mol. The molecular formula is C16H13N3O6S. The number of fused-ring (bicyclic) bond motifs is 1. The lowest BCUT2D eigenvalue weighted by atomic mass is 10.1. The van der Waals surface area contributed by atoms with Crippen molar-refractivity contribution < 1.29 is 24.4 Å². The van der Waals surface area contributed by atoms with Crippen molar-refractivity contribution in [1.82, 2.24) is 0 Å². The van der Waals surface area contributed by atoms with Gasteiger partial charge in [-0.05, 0) is 35.7 Å². The van der Waals surface area contributed by atoms with E-state index < -0.39 is 15.0 Å². The van der Waals surface area contributed by atoms with Crippen LogP contribution >= 0.6 is 0 Å². The Morgan fingerprint density at radius 1 is 1.00 bits per heavy atom. The van der Waals surface area contributed by atoms with Crippen LogP contribution in [0.1, 0.15) is 1.43 Å². The summed E-state index contributed by atoms with van der Waals surface area (Å²) in [4.78, 5) is 9.82. The Bertz CT molecular complexity index is 1150. The van der Waals surface area contributed by atoms with Crippen molar-refractivity contribution in [3.63, 3.8) is 0 Å². The molecule has 134 valence electrons. The Morgan fingerprint density at radius 3 is 2.31 bits per heavy atom. The molecule has 0 aliphatic carbocycles. The fourth-order valence-corrected chi connectivity index (χ4v) is 2.81. The number of nitro benzene ring substituents is 1. The van der Waals surface area contributed by atoms with Gasteiger partial charge in [0.05, 0.1) is 15.5 Å². The number of rotatable bonds is 4. The first-order valence-corrected chi connectivity index (χ1v) is 8.59. The summed E-state index contributed by atoms with van der Waals surface area (Å²) in [6, 6.07) is 12.0. The third-order valence-corrected chi connectivity index (χ3v) is 4.42. The van der Waals surface area contributed by atoms with Crippen molar-refractivity contribution in [3.8, 4) is 5.75 Å². The third kappa shape index (κ3) is 3.50. The fourth-order valence-electron chi connectivity index (χ4n) is 2.29. The molecular weight excluding hydrogens is 362 g/mol. The van der Waals surface area contributed by atoms with Gasteiger partial charge in [0, 0.05) is 18.9 Å². The number of nitrogens with zero attached hydrogens (tertiary/aromatic N) is 3. The Kier molecular flexibility index (Phi) is 4.36. The van der Waals surface area contributed by atoms with Crippen LogP contribution in [0.4, 0.5) is 17.1 Å². The number of non-ortho nitro benzene ring substituents is 1. The van der Waals surface area contributed by atoms with Gasteiger partial charge in [-0.25, -0.2) is 0 Å². The number of phenols is 1. The summed E-state index contributed by atoms with van der Waals surface area (Å²) < 4.78 is 31.6. The van der Waals surface area contributed by atoms with Crippen LogP contribution in [0.5, 0.6) is 5.75 Å². The molecule has 0 radical (unpaired) electrons. The van der Waals surface area contributed by atoms with Crippen molar-refractivity contribution in [2.24, 2.45) is 10.2 Å². The largest absolute Gasteiger partial charge is 0.506 e. The van der Waals surface area contributed by atoms with Gasteiger partial charge in [0.15, 0.2) is 0 Å². The minimum absolute atomic E-state index is 0. The van der Waals surface area contributed by atoms with Crippen LogP contribution in [0.3, 0.4) is 0 Å². The molecule has 0 fully saturated rings. The van der Waals surface area contributed by atoms with E-state index >= 15 is 0 Å². The number of hydrogen-bond donors (Lipinski definition) is 2. The lowest BCUT2D eigenvalue weighted by molar-refractivity contribution is -0.384. The summed E-state index contributed by atoms with van der Waals surface area (Å²) in [5.74, 6) is -0.178. The molecule has 10 heteroatoms. The molecule has 3 rings (SSSR count). The van der Waals surface area contributed by atoms with E-state index in [2.05, 4.69) is 10.2 Å². The van der Waals surface area contributed by atoms with E-state index in [1.807, 2.05) is 0 Å². The molecule has 0 aliphatic rings. The second kappa shape index (κ2) is 6.50. The second-order valence-electron chi connectivity index (χ2n) is 5.26. The average Bonchev–Trinajstić information content (AvgIpc) is 2.60. The standard InChI is InChI=1S/C16H11N3O6S.H2/c20-15-8-1-10-9-13(26(23,24)25)6-7-14(10)16(15)18-17-11-2-4-12(5-3-11)19(21)22;/h1-9,20H,(H,23,24,25);1H. The van der Waals surface area contributed by atoms with Gasteiger partial charge in [-0.1, -0.05) is 12.1 Å². The van der Waals surface area contributed by atoms with Gasteiger partial charge >= 0.3 is 0 Å². The number of hydrogen-bond acceptors (Lipinski definition) is 7. The lowest BCUT2D eigenvalue weighted by Crippen LogP contribution is -1.97. The topological polar surface area (TPSA) is 142 Å². The van der Waals surface area contributed by atoms with Gasteiger partial charge in [-0.15, -0.1) is 5.11 Å². The molecule has 3 aromatic rings. The lowest BCUT2D eigenvalue weighted by Gasteiger charge is -2.05. The number of phenolic OH excluding ortho intramolecular Hbond substituents is 1. The van der Waals surface area contributed by atoms with E-state index in [-0.39, 0.29) is 23.4 Å². The summed E-state index contributed by atoms with van der Waals surface area (Å²) in [7, 11) is -4.36. The maximum absolute atomic E-state index is 11.2. The van der Waals surface area contributed by atoms with Crippen LogP contribution < -0.4 is 0 Å². The van der Waals surface area contributed by atoms with Crippen LogP contribution in [0.2, 0.25) is 0 Å². The predicted octanol–water partition coefficient (Wildman–Crippen LogP) is 4.36. The molecule has 0 amide bonds. The predicted molar refractivity (Wildman–Crippen MR) is 94.8 cm³/mol. The first kappa shape index (κ1) is 17.5. The molecule has 0 spiro atoms. The summed E-state index contributed by atoms with van der Waals surface area (Å²) in [6.45, 7) is 0. The Labute approximate surface area is 148 Å². The number of benzene rings is 3. The molecule has 0 saturated heterocycles. The summed E-state index contributed by atoms with van der Waals surface area (Å²) >= 11 is 0. The monoisotopic (exact) mass is 375 g/mol. The molecule has 3 aromatic carbocycles. The molecule has 0 bridgehead atoms. The highest BCUT2D eigenvalue weighted by Crippen LogP contribution is 2.37. The zero-order chi connectivity index (χ0) is 18.9. The smallest absolute Gasteiger partial charge is 0.294 e. The van der Waals surface area contributed by atoms with Crippen LogP contribution in [-0.2, 0) is 10.1 Å². The molecule has 0 saturated carbocycles. The second-order valence-corrected chi connectivity index (χ2v) is 6.69. The number of aromatic hydroxyl groups is 1. The highest BCUT2D eigenvalue weighted by Gasteiger charge is 2.13. The SMILES string of the molecule is O=[N+]([O-])c1ccc(N=Nc2c(O)ccc3cc(S(=O)(=O)O)ccc23)cc1.[HH]. The van der Waals surface area contributed by atoms with E-state index in [4.69, 9.17) is 4.55 Å². The van der Waals surface area contributed by atoms with Crippen molar-refractivity contribution in [1.29, 1.82) is 0 Å². The summed E-state index contributed by atoms with van der Waals surface area (Å²) in [6.07, 6.45) is 0. The number of azo groups is 1. The van der Waals surface area contributed by atoms with E-state index in [0.29, 0.717) is 16.5 Å². The normalized spacial score (nSPS) is 11.9. The number of nitro groups is 1. The summed E-state index contributed by atoms with van der Waals surface area (Å²) in [5, 5.41) is 29.4. The molecule has 0 unspecified atom stereocenters. The van der Waals surface area contributed by atoms with Gasteiger partial charge < -0.3 is 5.11 Å². The van der Waals surface area contributed by atoms with Crippen molar-refractivity contribution in [2.45, 2.75) is 4.90 Å². The van der Waals surface area contributed by atoms with Crippen molar-refractivity contribution in [2.75, 3.05) is 0 Å². The molecule has 0 atom stereocenters. The zero-order valence-electron chi connectivity index (χ0n) is 13.0. The maximum Gasteiger partial charge on any atom is 0.294 e. The zero-order valence-corrected chi connectivity index (χ0v) is 13.8. The van der Waals surface area contributed by atoms with Crippen LogP contribution in [0.25, 0.3) is 10.8 Å². The molecule has 0 aliphatic heterocycles. The van der Waals surface area contributed by atoms with Crippen molar-refractivity contribution in [3.05, 3.63) is 64.7 Å². The first-order valence-electron chi connectivity index (χ1n) is 7.15. The highest BCUT2D eigenvalue weighted by molar-refractivity contribution is 7.85. The molecule has 9 nitrogen and oxygen atoms in total. The third-order valence-electron chi connectivity index (χ3n) is 3.57. The van der Waals surface area contributed by atoms with Crippen LogP contribution in [0.15, 0.2) is 69.7 Å². The fraction of sp³-hybridized carbons (Fsp3) is 0. The van der Waals surface area contributed by atoms with E-state index in [0.717, 1.165) is 0 Å². The quantitative estimate of drug-likeness (QED) is 0.300. The molecule has 0 heterocycles. The van der Waals surface area contributed by atoms with Gasteiger partial charge in [-0.3, -0.25) is 14.7 Å².